The monoisotopic (exact) mass is 951 g/mol. The van der Waals surface area contributed by atoms with Gasteiger partial charge in [-0.3, -0.25) is 0 Å². The van der Waals surface area contributed by atoms with E-state index in [4.69, 9.17) is 0 Å². The Hall–Kier alpha value is -2.62. The van der Waals surface area contributed by atoms with Crippen molar-refractivity contribution in [1.29, 1.82) is 0 Å². The highest BCUT2D eigenvalue weighted by molar-refractivity contribution is 6.54. The third-order valence-corrected chi connectivity index (χ3v) is 6.07. The van der Waals surface area contributed by atoms with E-state index in [1.54, 1.807) is 0 Å². The molecule has 0 spiro atoms. The van der Waals surface area contributed by atoms with Crippen molar-refractivity contribution in [3.05, 3.63) is 0 Å². The molecule has 57 heavy (non-hydrogen) atoms. The summed E-state index contributed by atoms with van der Waals surface area (Å²) in [6.07, 6.45) is -116. The second kappa shape index (κ2) is 13.7. The maximum Gasteiger partial charge on any atom is 0.535 e. The molecule has 0 radical (unpaired) electrons. The van der Waals surface area contributed by atoms with Gasteiger partial charge in [0.15, 0.2) is 0 Å². The largest absolute Gasteiger partial charge is 0.535 e. The lowest BCUT2D eigenvalue weighted by molar-refractivity contribution is -0.500. The zero-order chi connectivity index (χ0) is 47.3. The first-order valence-corrected chi connectivity index (χ1v) is 11.6. The molecule has 0 aliphatic rings. The van der Waals surface area contributed by atoms with Gasteiger partial charge in [0, 0.05) is 0 Å². The molecule has 0 saturated heterocycles. The van der Waals surface area contributed by atoms with Crippen molar-refractivity contribution in [2.24, 2.45) is 0 Å². The molecule has 0 heterocycles. The third-order valence-electron chi connectivity index (χ3n) is 6.07. The molecule has 344 valence electrons. The maximum atomic E-state index is 13.6. The summed E-state index contributed by atoms with van der Waals surface area (Å²) in [4.78, 5) is 0. The van der Waals surface area contributed by atoms with Crippen LogP contribution in [0.5, 0.6) is 0 Å². The fourth-order valence-electron chi connectivity index (χ4n) is 3.74. The van der Waals surface area contributed by atoms with Crippen LogP contribution in [-0.2, 0) is 18.6 Å². The van der Waals surface area contributed by atoms with Crippen molar-refractivity contribution in [1.82, 2.24) is 0 Å². The van der Waals surface area contributed by atoms with Crippen molar-refractivity contribution in [3.8, 4) is 0 Å². The fraction of sp³-hybridized carbons (Fsp3) is 1.00. The van der Waals surface area contributed by atoms with E-state index in [0.29, 0.717) is 0 Å². The lowest BCUT2D eigenvalue weighted by atomic mass is 9.86. The first-order chi connectivity index (χ1) is 23.8. The van der Waals surface area contributed by atoms with E-state index in [-0.39, 0.29) is 0 Å². The predicted octanol–water partition coefficient (Wildman–Crippen LogP) is 11.2. The highest BCUT2D eigenvalue weighted by atomic mass is 19.5. The molecule has 4 nitrogen and oxygen atoms in total. The van der Waals surface area contributed by atoms with E-state index in [1.165, 1.54) is 0 Å². The lowest BCUT2D eigenvalue weighted by Crippen LogP contribution is -2.83. The molecule has 0 rings (SSSR count). The van der Waals surface area contributed by atoms with E-state index in [0.717, 1.165) is 18.6 Å². The normalized spacial score (nSPS) is 17.1. The van der Waals surface area contributed by atoms with Gasteiger partial charge in [0.05, 0.1) is 0 Å². The van der Waals surface area contributed by atoms with E-state index in [1.807, 2.05) is 0 Å². The van der Waals surface area contributed by atoms with Crippen LogP contribution in [0.1, 0.15) is 0 Å². The van der Waals surface area contributed by atoms with Gasteiger partial charge in [0.1, 0.15) is 0 Å². The topological polar surface area (TPSA) is 36.9 Å². The van der Waals surface area contributed by atoms with Gasteiger partial charge < -0.3 is 18.6 Å². The van der Waals surface area contributed by atoms with Crippen molar-refractivity contribution >= 4 is 6.96 Å². The molecule has 0 aromatic carbocycles. The second-order valence-electron chi connectivity index (χ2n) is 9.75. The Bertz CT molecular complexity index is 1020. The van der Waals surface area contributed by atoms with Crippen molar-refractivity contribution in [2.45, 2.75) is 96.5 Å². The summed E-state index contributed by atoms with van der Waals surface area (Å²) in [6.45, 7) is -11.9. The predicted molar refractivity (Wildman–Crippen MR) is 93.7 cm³/mol. The number of alkyl halides is 36. The summed E-state index contributed by atoms with van der Waals surface area (Å²) in [5.74, 6) is 0. The van der Waals surface area contributed by atoms with Gasteiger partial charge >= 0.3 is 103 Å². The molecule has 0 unspecified atom stereocenters. The van der Waals surface area contributed by atoms with E-state index in [2.05, 4.69) is 0 Å². The second-order valence-corrected chi connectivity index (χ2v) is 9.75. The molecule has 41 heteroatoms. The summed E-state index contributed by atoms with van der Waals surface area (Å²) >= 11 is 0. The molecule has 0 saturated carbocycles. The van der Waals surface area contributed by atoms with Crippen LogP contribution in [-0.4, -0.2) is 103 Å². The highest BCUT2D eigenvalue weighted by Gasteiger charge is 2.94. The number of hydrogen-bond acceptors (Lipinski definition) is 4. The molecule has 0 fully saturated rings. The smallest absolute Gasteiger partial charge is 0.493 e. The summed E-state index contributed by atoms with van der Waals surface area (Å²) in [7, 11) is 0. The standard InChI is InChI=1S/C16BF36O4/c18-5(19,20)1(6(21,22)23,7(24,25)26)54-17(55-2(8(27,28)29,9(30,31)32)10(33,34)35,56-3(11(36,37)38,12(39,40)41)13(42,43)44)57-4(14(45,46)47,15(48,49)50)16(51,52)53/q-1. The fourth-order valence-corrected chi connectivity index (χ4v) is 3.74. The Morgan fingerprint density at radius 1 is 0.158 bits per heavy atom. The number of halogens is 36. The summed E-state index contributed by atoms with van der Waals surface area (Å²) in [6, 6.07) is 0. The highest BCUT2D eigenvalue weighted by Crippen LogP contribution is 2.65. The quantitative estimate of drug-likeness (QED) is 0.179. The van der Waals surface area contributed by atoms with Crippen LogP contribution in [0.3, 0.4) is 0 Å². The molecular formula is C16BF36O4-. The first-order valence-electron chi connectivity index (χ1n) is 11.6. The minimum atomic E-state index is -11.9. The van der Waals surface area contributed by atoms with Crippen LogP contribution in [0.15, 0.2) is 0 Å². The van der Waals surface area contributed by atoms with Crippen LogP contribution in [0.25, 0.3) is 0 Å². The SMILES string of the molecule is FC(F)(F)C(O[B-](OC(C(F)(F)F)(C(F)(F)F)C(F)(F)F)(OC(C(F)(F)F)(C(F)(F)F)C(F)(F)F)OC(C(F)(F)F)(C(F)(F)F)C(F)(F)F)(C(F)(F)F)C(F)(F)F. The van der Waals surface area contributed by atoms with Gasteiger partial charge in [-0.2, -0.15) is 158 Å². The van der Waals surface area contributed by atoms with Gasteiger partial charge in [-0.25, -0.2) is 0 Å². The minimum absolute atomic E-state index is 0.763. The minimum Gasteiger partial charge on any atom is -0.493 e. The van der Waals surface area contributed by atoms with E-state index in [9.17, 15) is 158 Å². The van der Waals surface area contributed by atoms with Crippen LogP contribution in [0.4, 0.5) is 158 Å². The Morgan fingerprint density at radius 2 is 0.228 bits per heavy atom. The van der Waals surface area contributed by atoms with Gasteiger partial charge in [-0.1, -0.05) is 0 Å². The number of hydrogen-bond donors (Lipinski definition) is 0. The Balaban J connectivity index is 10.6. The Kier molecular flexibility index (Phi) is 13.1. The zero-order valence-corrected chi connectivity index (χ0v) is 23.8. The summed E-state index contributed by atoms with van der Waals surface area (Å²) < 4.78 is 492. The van der Waals surface area contributed by atoms with Crippen molar-refractivity contribution < 1.29 is 177 Å². The van der Waals surface area contributed by atoms with Crippen LogP contribution in [0.2, 0.25) is 0 Å². The maximum absolute atomic E-state index is 13.6. The molecule has 0 N–H and O–H groups in total. The molecule has 0 aromatic rings. The lowest BCUT2D eigenvalue weighted by Gasteiger charge is -2.59. The zero-order valence-electron chi connectivity index (χ0n) is 23.8. The van der Waals surface area contributed by atoms with Crippen molar-refractivity contribution in [2.75, 3.05) is 0 Å². The molecule has 0 amide bonds. The number of rotatable bonds is 8. The van der Waals surface area contributed by atoms with Gasteiger partial charge in [-0.05, 0) is 0 Å². The van der Waals surface area contributed by atoms with E-state index < -0.39 is 103 Å². The Morgan fingerprint density at radius 3 is 0.281 bits per heavy atom. The molecule has 0 aromatic heterocycles. The van der Waals surface area contributed by atoms with Crippen LogP contribution in [0, 0.1) is 0 Å². The molecule has 0 atom stereocenters. The first kappa shape index (κ1) is 54.4. The summed E-state index contributed by atoms with van der Waals surface area (Å²) in [5, 5.41) is 0. The van der Waals surface area contributed by atoms with Crippen molar-refractivity contribution in [3.63, 3.8) is 0 Å². The third kappa shape index (κ3) is 8.42. The Labute approximate surface area is 281 Å². The van der Waals surface area contributed by atoms with Gasteiger partial charge in [-0.15, -0.1) is 0 Å². The average molecular weight is 951 g/mol. The summed E-state index contributed by atoms with van der Waals surface area (Å²) in [5.41, 5.74) is -40.7. The van der Waals surface area contributed by atoms with Gasteiger partial charge in [0.25, 0.3) is 0 Å². The molecule has 0 aliphatic carbocycles. The van der Waals surface area contributed by atoms with E-state index >= 15 is 0 Å². The molecule has 0 aliphatic heterocycles. The van der Waals surface area contributed by atoms with Crippen LogP contribution < -0.4 is 0 Å². The molecule has 0 bridgehead atoms. The van der Waals surface area contributed by atoms with Crippen LogP contribution >= 0.6 is 0 Å². The average Bonchev–Trinajstić information content (AvgIpc) is 2.77. The molecular weight excluding hydrogens is 951 g/mol. The van der Waals surface area contributed by atoms with Gasteiger partial charge in [0.2, 0.25) is 0 Å².